The van der Waals surface area contributed by atoms with Crippen LogP contribution < -0.4 is 11.1 Å². The van der Waals surface area contributed by atoms with Crippen LogP contribution in [-0.4, -0.2) is 22.0 Å². The van der Waals surface area contributed by atoms with Crippen molar-refractivity contribution in [1.29, 1.82) is 0 Å². The molecule has 0 aliphatic carbocycles. The number of para-hydroxylation sites is 1. The van der Waals surface area contributed by atoms with Crippen molar-refractivity contribution in [2.75, 3.05) is 11.9 Å². The Bertz CT molecular complexity index is 645. The van der Waals surface area contributed by atoms with E-state index >= 15 is 0 Å². The lowest BCUT2D eigenvalue weighted by Crippen LogP contribution is -2.44. The zero-order valence-corrected chi connectivity index (χ0v) is 12.3. The van der Waals surface area contributed by atoms with Crippen molar-refractivity contribution in [1.82, 2.24) is 4.98 Å². The lowest BCUT2D eigenvalue weighted by molar-refractivity contribution is -0.384. The molecule has 1 aromatic carbocycles. The van der Waals surface area contributed by atoms with E-state index < -0.39 is 4.92 Å². The van der Waals surface area contributed by atoms with E-state index in [-0.39, 0.29) is 11.2 Å². The van der Waals surface area contributed by atoms with Gasteiger partial charge < -0.3 is 11.1 Å². The molecule has 0 spiro atoms. The van der Waals surface area contributed by atoms with Crippen LogP contribution in [0.2, 0.25) is 0 Å². The molecule has 6 heteroatoms. The lowest BCUT2D eigenvalue weighted by atomic mass is 9.92. The van der Waals surface area contributed by atoms with Gasteiger partial charge in [0.1, 0.15) is 11.9 Å². The van der Waals surface area contributed by atoms with Crippen molar-refractivity contribution in [2.45, 2.75) is 32.2 Å². The van der Waals surface area contributed by atoms with Gasteiger partial charge in [0.25, 0.3) is 0 Å². The second-order valence-electron chi connectivity index (χ2n) is 5.11. The molecule has 1 heterocycles. The van der Waals surface area contributed by atoms with Crippen molar-refractivity contribution in [2.24, 2.45) is 5.73 Å². The first-order chi connectivity index (χ1) is 10.1. The fourth-order valence-corrected chi connectivity index (χ4v) is 2.43. The van der Waals surface area contributed by atoms with Gasteiger partial charge in [-0.3, -0.25) is 10.1 Å². The van der Waals surface area contributed by atoms with E-state index in [2.05, 4.69) is 10.3 Å². The van der Waals surface area contributed by atoms with Gasteiger partial charge in [-0.2, -0.15) is 0 Å². The number of rotatable bonds is 6. The highest BCUT2D eigenvalue weighted by Gasteiger charge is 2.28. The first-order valence-corrected chi connectivity index (χ1v) is 7.07. The molecule has 0 aliphatic heterocycles. The minimum atomic E-state index is -0.408. The molecule has 0 saturated heterocycles. The summed E-state index contributed by atoms with van der Waals surface area (Å²) in [7, 11) is 0. The molecule has 21 heavy (non-hydrogen) atoms. The van der Waals surface area contributed by atoms with Crippen LogP contribution in [0.15, 0.2) is 30.5 Å². The summed E-state index contributed by atoms with van der Waals surface area (Å²) >= 11 is 0. The zero-order chi connectivity index (χ0) is 15.5. The van der Waals surface area contributed by atoms with Gasteiger partial charge in [-0.15, -0.1) is 0 Å². The van der Waals surface area contributed by atoms with Crippen LogP contribution in [0.3, 0.4) is 0 Å². The summed E-state index contributed by atoms with van der Waals surface area (Å²) in [4.78, 5) is 15.1. The van der Waals surface area contributed by atoms with E-state index in [0.717, 1.165) is 23.7 Å². The summed E-state index contributed by atoms with van der Waals surface area (Å²) in [5.41, 5.74) is 6.75. The summed E-state index contributed by atoms with van der Waals surface area (Å²) in [5.74, 6) is 0. The molecule has 6 nitrogen and oxygen atoms in total. The summed E-state index contributed by atoms with van der Waals surface area (Å²) in [5, 5.41) is 15.4. The topological polar surface area (TPSA) is 94.1 Å². The minimum Gasteiger partial charge on any atom is -0.372 e. The van der Waals surface area contributed by atoms with E-state index in [1.807, 2.05) is 38.1 Å². The highest BCUT2D eigenvalue weighted by molar-refractivity contribution is 5.95. The Hall–Kier alpha value is -2.21. The Labute approximate surface area is 123 Å². The molecule has 2 rings (SSSR count). The van der Waals surface area contributed by atoms with Gasteiger partial charge in [0.15, 0.2) is 0 Å². The smallest absolute Gasteiger partial charge is 0.311 e. The number of pyridine rings is 1. The van der Waals surface area contributed by atoms with Gasteiger partial charge >= 0.3 is 5.69 Å². The molecule has 2 aromatic rings. The molecule has 0 unspecified atom stereocenters. The third-order valence-electron chi connectivity index (χ3n) is 4.09. The highest BCUT2D eigenvalue weighted by atomic mass is 16.6. The number of nitrogens with zero attached hydrogens (tertiary/aromatic N) is 2. The molecule has 0 fully saturated rings. The van der Waals surface area contributed by atoms with E-state index in [4.69, 9.17) is 5.73 Å². The monoisotopic (exact) mass is 288 g/mol. The van der Waals surface area contributed by atoms with E-state index in [1.54, 1.807) is 0 Å². The predicted octanol–water partition coefficient (Wildman–Crippen LogP) is 3.07. The molecule has 1 aromatic heterocycles. The number of anilines is 1. The first-order valence-electron chi connectivity index (χ1n) is 7.07. The Morgan fingerprint density at radius 2 is 2.00 bits per heavy atom. The number of hydrogen-bond acceptors (Lipinski definition) is 5. The van der Waals surface area contributed by atoms with Gasteiger partial charge in [0, 0.05) is 17.5 Å². The maximum atomic E-state index is 11.3. The number of nitrogens with one attached hydrogen (secondary N) is 1. The Kier molecular flexibility index (Phi) is 4.37. The molecular formula is C15H20N4O2. The molecule has 0 amide bonds. The molecular weight excluding hydrogens is 268 g/mol. The third-order valence-corrected chi connectivity index (χ3v) is 4.09. The molecule has 0 aliphatic rings. The van der Waals surface area contributed by atoms with Gasteiger partial charge in [-0.25, -0.2) is 4.98 Å². The van der Waals surface area contributed by atoms with Crippen molar-refractivity contribution in [3.8, 4) is 0 Å². The van der Waals surface area contributed by atoms with Crippen molar-refractivity contribution >= 4 is 22.3 Å². The Balaban J connectivity index is 2.64. The van der Waals surface area contributed by atoms with Crippen molar-refractivity contribution < 1.29 is 4.92 Å². The SMILES string of the molecule is CCC(CC)(CN)Nc1c([N+](=O)[O-])cnc2ccccc12. The Morgan fingerprint density at radius 1 is 1.33 bits per heavy atom. The number of aromatic nitrogens is 1. The van der Waals surface area contributed by atoms with Crippen LogP contribution >= 0.6 is 0 Å². The summed E-state index contributed by atoms with van der Waals surface area (Å²) in [6.07, 6.45) is 2.87. The molecule has 112 valence electrons. The molecule has 3 N–H and O–H groups in total. The summed E-state index contributed by atoms with van der Waals surface area (Å²) < 4.78 is 0. The molecule has 0 atom stereocenters. The zero-order valence-electron chi connectivity index (χ0n) is 12.3. The van der Waals surface area contributed by atoms with Crippen LogP contribution in [0.25, 0.3) is 10.9 Å². The summed E-state index contributed by atoms with van der Waals surface area (Å²) in [6.45, 7) is 4.46. The lowest BCUT2D eigenvalue weighted by Gasteiger charge is -2.32. The summed E-state index contributed by atoms with van der Waals surface area (Å²) in [6, 6.07) is 7.39. The van der Waals surface area contributed by atoms with Gasteiger partial charge in [-0.1, -0.05) is 32.0 Å². The fourth-order valence-electron chi connectivity index (χ4n) is 2.43. The number of nitrogens with two attached hydrogens (primary N) is 1. The van der Waals surface area contributed by atoms with Crippen LogP contribution in [0.1, 0.15) is 26.7 Å². The number of hydrogen-bond donors (Lipinski definition) is 2. The van der Waals surface area contributed by atoms with E-state index in [1.165, 1.54) is 6.20 Å². The highest BCUT2D eigenvalue weighted by Crippen LogP contribution is 2.34. The van der Waals surface area contributed by atoms with Crippen molar-refractivity contribution in [3.63, 3.8) is 0 Å². The fraction of sp³-hybridized carbons (Fsp3) is 0.400. The Morgan fingerprint density at radius 3 is 2.57 bits per heavy atom. The van der Waals surface area contributed by atoms with E-state index in [0.29, 0.717) is 12.2 Å². The average Bonchev–Trinajstić information content (AvgIpc) is 2.52. The number of nitro groups is 1. The largest absolute Gasteiger partial charge is 0.372 e. The second-order valence-corrected chi connectivity index (χ2v) is 5.11. The van der Waals surface area contributed by atoms with Gasteiger partial charge in [-0.05, 0) is 18.9 Å². The maximum absolute atomic E-state index is 11.3. The van der Waals surface area contributed by atoms with Crippen LogP contribution in [-0.2, 0) is 0 Å². The van der Waals surface area contributed by atoms with E-state index in [9.17, 15) is 10.1 Å². The van der Waals surface area contributed by atoms with Crippen LogP contribution in [0.5, 0.6) is 0 Å². The second kappa shape index (κ2) is 6.05. The van der Waals surface area contributed by atoms with Gasteiger partial charge in [0.05, 0.1) is 10.4 Å². The minimum absolute atomic E-state index is 0.0200. The third kappa shape index (κ3) is 2.80. The average molecular weight is 288 g/mol. The van der Waals surface area contributed by atoms with Crippen LogP contribution in [0.4, 0.5) is 11.4 Å². The number of fused-ring (bicyclic) bond motifs is 1. The standard InChI is InChI=1S/C15H20N4O2/c1-3-15(4-2,10-16)18-14-11-7-5-6-8-12(11)17-9-13(14)19(20)21/h5-9H,3-4,10,16H2,1-2H3,(H,17,18). The maximum Gasteiger partial charge on any atom is 0.311 e. The number of benzene rings is 1. The quantitative estimate of drug-likeness (QED) is 0.629. The van der Waals surface area contributed by atoms with Crippen molar-refractivity contribution in [3.05, 3.63) is 40.6 Å². The van der Waals surface area contributed by atoms with Gasteiger partial charge in [0.2, 0.25) is 0 Å². The predicted molar refractivity (Wildman–Crippen MR) is 84.4 cm³/mol. The van der Waals surface area contributed by atoms with Crippen LogP contribution in [0, 0.1) is 10.1 Å². The molecule has 0 radical (unpaired) electrons. The first kappa shape index (κ1) is 15.2. The normalized spacial score (nSPS) is 11.6. The molecule has 0 saturated carbocycles. The molecule has 0 bridgehead atoms.